The molecule has 4 aliphatic heterocycles. The van der Waals surface area contributed by atoms with Crippen LogP contribution in [-0.4, -0.2) is 55.1 Å². The molecule has 0 aromatic heterocycles. The van der Waals surface area contributed by atoms with Gasteiger partial charge in [0.05, 0.1) is 5.54 Å². The van der Waals surface area contributed by atoms with Crippen molar-refractivity contribution < 1.29 is 19.8 Å². The first-order valence-corrected chi connectivity index (χ1v) is 14.1. The van der Waals surface area contributed by atoms with E-state index in [1.807, 2.05) is 76.2 Å². The van der Waals surface area contributed by atoms with Gasteiger partial charge in [-0.05, 0) is 17.2 Å². The van der Waals surface area contributed by atoms with Gasteiger partial charge < -0.3 is 25.3 Å². The van der Waals surface area contributed by atoms with Gasteiger partial charge in [-0.15, -0.1) is 13.2 Å². The quantitative estimate of drug-likeness (QED) is 0.514. The van der Waals surface area contributed by atoms with Gasteiger partial charge in [0.25, 0.3) is 0 Å². The molecule has 3 N–H and O–H groups in total. The lowest BCUT2D eigenvalue weighted by Gasteiger charge is -2.57. The second-order valence-corrected chi connectivity index (χ2v) is 13.5. The highest BCUT2D eigenvalue weighted by atomic mass is 16.3. The highest BCUT2D eigenvalue weighted by Gasteiger charge is 2.81. The summed E-state index contributed by atoms with van der Waals surface area (Å²) in [5.74, 6) is -0.514. The van der Waals surface area contributed by atoms with E-state index < -0.39 is 45.3 Å². The Labute approximate surface area is 235 Å². The molecule has 7 rings (SSSR count). The lowest BCUT2D eigenvalue weighted by Crippen LogP contribution is -2.76. The SMILES string of the molecule is C=CC(C)(C)[C@@]12Cc3ccccc3[C@]1(O)C[C@H]1C(=O)N3[C@@H](C[C@@]4(O)c5ccccc5N[C@@]34C(C)(C)C=C)C(=O)N12. The molecule has 2 aromatic carbocycles. The van der Waals surface area contributed by atoms with E-state index in [2.05, 4.69) is 18.5 Å². The van der Waals surface area contributed by atoms with Crippen molar-refractivity contribution in [2.24, 2.45) is 10.8 Å². The Kier molecular flexibility index (Phi) is 4.63. The van der Waals surface area contributed by atoms with Gasteiger partial charge in [-0.3, -0.25) is 9.59 Å². The summed E-state index contributed by atoms with van der Waals surface area (Å²) >= 11 is 0. The molecule has 3 saturated heterocycles. The normalized spacial score (nSPS) is 37.2. The second kappa shape index (κ2) is 7.25. The fourth-order valence-electron chi connectivity index (χ4n) is 9.26. The molecule has 4 heterocycles. The van der Waals surface area contributed by atoms with Crippen LogP contribution >= 0.6 is 0 Å². The number of hydrogen-bond acceptors (Lipinski definition) is 5. The van der Waals surface area contributed by atoms with Crippen molar-refractivity contribution in [3.8, 4) is 0 Å². The summed E-state index contributed by atoms with van der Waals surface area (Å²) in [6.07, 6.45) is 4.07. The highest BCUT2D eigenvalue weighted by Crippen LogP contribution is 2.68. The van der Waals surface area contributed by atoms with Crippen molar-refractivity contribution in [1.29, 1.82) is 0 Å². The summed E-state index contributed by atoms with van der Waals surface area (Å²) in [6, 6.07) is 13.5. The van der Waals surface area contributed by atoms with Crippen LogP contribution in [0.15, 0.2) is 73.8 Å². The number of carbonyl (C=O) groups excluding carboxylic acids is 2. The zero-order chi connectivity index (χ0) is 28.7. The van der Waals surface area contributed by atoms with Crippen LogP contribution < -0.4 is 5.32 Å². The van der Waals surface area contributed by atoms with E-state index >= 15 is 0 Å². The molecular weight excluding hydrogens is 502 g/mol. The molecule has 5 aliphatic rings. The smallest absolute Gasteiger partial charge is 0.248 e. The van der Waals surface area contributed by atoms with Gasteiger partial charge in [-0.25, -0.2) is 0 Å². The number of anilines is 1. The predicted octanol–water partition coefficient (Wildman–Crippen LogP) is 3.82. The molecule has 7 heteroatoms. The maximum absolute atomic E-state index is 14.9. The number of hydrogen-bond donors (Lipinski definition) is 3. The molecule has 7 nitrogen and oxygen atoms in total. The molecule has 0 spiro atoms. The van der Waals surface area contributed by atoms with Gasteiger partial charge in [-0.2, -0.15) is 0 Å². The van der Waals surface area contributed by atoms with Crippen LogP contribution in [0.4, 0.5) is 5.69 Å². The summed E-state index contributed by atoms with van der Waals surface area (Å²) in [5.41, 5.74) is -3.84. The molecular formula is C33H37N3O4. The molecule has 2 aromatic rings. The van der Waals surface area contributed by atoms with E-state index in [0.717, 1.165) is 16.8 Å². The number of nitrogens with one attached hydrogen (secondary N) is 1. The van der Waals surface area contributed by atoms with Gasteiger partial charge in [0.1, 0.15) is 23.3 Å². The Balaban J connectivity index is 1.46. The maximum atomic E-state index is 14.9. The molecule has 40 heavy (non-hydrogen) atoms. The number of nitrogens with zero attached hydrogens (tertiary/aromatic N) is 2. The first kappa shape index (κ1) is 25.5. The fraction of sp³-hybridized carbons (Fsp3) is 0.455. The maximum Gasteiger partial charge on any atom is 0.248 e. The number of carbonyl (C=O) groups is 2. The molecule has 6 atom stereocenters. The Morgan fingerprint density at radius 3 is 2.05 bits per heavy atom. The van der Waals surface area contributed by atoms with E-state index in [1.54, 1.807) is 22.0 Å². The molecule has 2 amide bonds. The Morgan fingerprint density at radius 1 is 0.825 bits per heavy atom. The topological polar surface area (TPSA) is 93.1 Å². The summed E-state index contributed by atoms with van der Waals surface area (Å²) < 4.78 is 0. The highest BCUT2D eigenvalue weighted by molar-refractivity contribution is 6.01. The zero-order valence-electron chi connectivity index (χ0n) is 23.6. The summed E-state index contributed by atoms with van der Waals surface area (Å²) in [5, 5.41) is 28.9. The third kappa shape index (κ3) is 2.36. The van der Waals surface area contributed by atoms with Crippen molar-refractivity contribution in [2.45, 2.75) is 81.4 Å². The van der Waals surface area contributed by atoms with Crippen LogP contribution in [0.5, 0.6) is 0 Å². The van der Waals surface area contributed by atoms with E-state index in [9.17, 15) is 19.8 Å². The zero-order valence-corrected chi connectivity index (χ0v) is 23.6. The molecule has 0 bridgehead atoms. The van der Waals surface area contributed by atoms with Crippen molar-refractivity contribution in [2.75, 3.05) is 5.32 Å². The van der Waals surface area contributed by atoms with Crippen LogP contribution in [0.25, 0.3) is 0 Å². The Bertz CT molecular complexity index is 1420. The van der Waals surface area contributed by atoms with E-state index in [4.69, 9.17) is 0 Å². The lowest BCUT2D eigenvalue weighted by molar-refractivity contribution is -0.180. The van der Waals surface area contributed by atoms with Crippen LogP contribution in [0.2, 0.25) is 0 Å². The number of piperazine rings is 1. The van der Waals surface area contributed by atoms with Gasteiger partial charge in [-0.1, -0.05) is 82.3 Å². The van der Waals surface area contributed by atoms with Gasteiger partial charge in [0, 0.05) is 41.3 Å². The fourth-order valence-corrected chi connectivity index (χ4v) is 9.26. The summed E-state index contributed by atoms with van der Waals surface area (Å²) in [6.45, 7) is 16.0. The van der Waals surface area contributed by atoms with Crippen LogP contribution in [-0.2, 0) is 27.2 Å². The first-order valence-electron chi connectivity index (χ1n) is 14.1. The number of benzene rings is 2. The Morgan fingerprint density at radius 2 is 1.38 bits per heavy atom. The van der Waals surface area contributed by atoms with Gasteiger partial charge in [0.2, 0.25) is 11.8 Å². The standard InChI is InChI=1S/C33H37N3O4/c1-7-28(3,4)32-17-20-13-9-10-14-21(20)30(32,39)18-24-27(38)36-25(26(37)35(24)32)19-31(40)22-15-11-12-16-23(22)34-33(31,36)29(5,6)8-2/h7-16,24-25,34,39-40H,1-2,17-19H2,3-6H3/t24-,25-,30+,31+,32-,33-/m0/s1. The monoisotopic (exact) mass is 539 g/mol. The largest absolute Gasteiger partial charge is 0.383 e. The first-order chi connectivity index (χ1) is 18.8. The van der Waals surface area contributed by atoms with E-state index in [-0.39, 0.29) is 24.7 Å². The third-order valence-electron chi connectivity index (χ3n) is 11.3. The van der Waals surface area contributed by atoms with E-state index in [1.165, 1.54) is 0 Å². The Hall–Kier alpha value is -3.42. The minimum atomic E-state index is -1.53. The third-order valence-corrected chi connectivity index (χ3v) is 11.3. The molecule has 0 unspecified atom stereocenters. The van der Waals surface area contributed by atoms with Gasteiger partial charge >= 0.3 is 0 Å². The van der Waals surface area contributed by atoms with Crippen LogP contribution in [0, 0.1) is 10.8 Å². The van der Waals surface area contributed by atoms with Crippen molar-refractivity contribution in [3.05, 3.63) is 90.5 Å². The average molecular weight is 540 g/mol. The van der Waals surface area contributed by atoms with Crippen LogP contribution in [0.1, 0.15) is 57.2 Å². The van der Waals surface area contributed by atoms with Gasteiger partial charge in [0.15, 0.2) is 5.66 Å². The average Bonchev–Trinajstić information content (AvgIpc) is 3.55. The minimum Gasteiger partial charge on any atom is -0.383 e. The number of amides is 2. The number of para-hydroxylation sites is 1. The minimum absolute atomic E-state index is 0.0397. The van der Waals surface area contributed by atoms with E-state index in [0.29, 0.717) is 12.0 Å². The lowest BCUT2D eigenvalue weighted by atomic mass is 9.63. The van der Waals surface area contributed by atoms with Crippen molar-refractivity contribution in [1.82, 2.24) is 9.80 Å². The second-order valence-electron chi connectivity index (χ2n) is 13.5. The number of fused-ring (bicyclic) bond motifs is 10. The molecule has 3 fully saturated rings. The van der Waals surface area contributed by atoms with Crippen molar-refractivity contribution >= 4 is 17.5 Å². The molecule has 0 saturated carbocycles. The van der Waals surface area contributed by atoms with Crippen LogP contribution in [0.3, 0.4) is 0 Å². The number of rotatable bonds is 4. The molecule has 0 radical (unpaired) electrons. The molecule has 1 aliphatic carbocycles. The van der Waals surface area contributed by atoms with Crippen molar-refractivity contribution in [3.63, 3.8) is 0 Å². The summed E-state index contributed by atoms with van der Waals surface area (Å²) in [4.78, 5) is 33.1. The summed E-state index contributed by atoms with van der Waals surface area (Å²) in [7, 11) is 0. The number of aliphatic hydroxyl groups is 2. The molecule has 208 valence electrons. The predicted molar refractivity (Wildman–Crippen MR) is 152 cm³/mol.